The average molecular weight is 1080 g/mol. The van der Waals surface area contributed by atoms with Gasteiger partial charge in [0.15, 0.2) is 0 Å². The summed E-state index contributed by atoms with van der Waals surface area (Å²) in [6.07, 6.45) is 75.1. The van der Waals surface area contributed by atoms with Crippen LogP contribution in [-0.2, 0) is 27.9 Å². The van der Waals surface area contributed by atoms with Gasteiger partial charge in [-0.25, -0.2) is 4.57 Å². The molecule has 0 saturated heterocycles. The second-order valence-corrected chi connectivity index (χ2v) is 23.1. The minimum atomic E-state index is -4.47. The smallest absolute Gasteiger partial charge is 0.456 e. The Kier molecular flexibility index (Phi) is 52.6. The number of ether oxygens (including phenoxy) is 1. The monoisotopic (exact) mass is 1080 g/mol. The van der Waals surface area contributed by atoms with Crippen molar-refractivity contribution in [1.29, 1.82) is 0 Å². The number of allylic oxidation sites excluding steroid dienone is 17. The zero-order valence-electron chi connectivity index (χ0n) is 49.7. The van der Waals surface area contributed by atoms with Crippen molar-refractivity contribution in [3.05, 3.63) is 109 Å². The summed E-state index contributed by atoms with van der Waals surface area (Å²) >= 11 is 0. The summed E-state index contributed by atoms with van der Waals surface area (Å²) in [6.45, 7) is 6.80. The number of carbonyl (C=O) groups is 2. The number of likely N-dealkylation sites (N-methyl/N-ethyl adjacent to an activating group) is 1. The van der Waals surface area contributed by atoms with Gasteiger partial charge in [-0.3, -0.25) is 18.6 Å². The number of hydrogen-bond donors (Lipinski definition) is 2. The van der Waals surface area contributed by atoms with Gasteiger partial charge in [0.05, 0.1) is 33.8 Å². The third kappa shape index (κ3) is 55.4. The Bertz CT molecular complexity index is 1670. The standard InChI is InChI=1S/C66H115N2O7P/c1-7-10-13-16-19-22-25-28-30-32-33-34-35-37-38-40-43-46-49-52-55-58-65(69)67-63(62-74-76(71,72)73-61-60-68(4,5)6)64(57-54-51-48-45-42-27-24-21-18-15-12-9-3)75-66(70)59-56-53-50-47-44-41-39-36-31-29-26-23-20-17-14-11-8-2/h11,14,17,19-20,22-23,26,28-31,36,39,41,44,54,57,63-64H,7-10,12-13,15-16,18,21,24-25,27,32-35,37-38,40,42-43,45-53,55-56,58-62H2,1-6H3,(H-,67,69,71,72)/p+1/b14-11-,20-17+,22-19-,26-23+,30-28-,31-29-,39-36+,44-41+,57-54-. The quantitative estimate of drug-likeness (QED) is 0.0156. The lowest BCUT2D eigenvalue weighted by Crippen LogP contribution is -2.47. The molecule has 3 atom stereocenters. The minimum Gasteiger partial charge on any atom is -0.456 e. The van der Waals surface area contributed by atoms with Crippen LogP contribution in [0.3, 0.4) is 0 Å². The van der Waals surface area contributed by atoms with Crippen LogP contribution in [0.25, 0.3) is 0 Å². The van der Waals surface area contributed by atoms with Crippen molar-refractivity contribution >= 4 is 19.7 Å². The van der Waals surface area contributed by atoms with Crippen LogP contribution in [0.1, 0.15) is 245 Å². The van der Waals surface area contributed by atoms with Crippen molar-refractivity contribution in [2.75, 3.05) is 40.9 Å². The van der Waals surface area contributed by atoms with Crippen molar-refractivity contribution in [2.45, 2.75) is 258 Å². The van der Waals surface area contributed by atoms with Gasteiger partial charge in [-0.15, -0.1) is 0 Å². The van der Waals surface area contributed by atoms with Crippen molar-refractivity contribution in [1.82, 2.24) is 5.32 Å². The lowest BCUT2D eigenvalue weighted by Gasteiger charge is -2.27. The van der Waals surface area contributed by atoms with Crippen molar-refractivity contribution < 1.29 is 37.3 Å². The first-order valence-electron chi connectivity index (χ1n) is 30.8. The molecule has 0 aromatic rings. The Morgan fingerprint density at radius 1 is 0.487 bits per heavy atom. The molecule has 0 saturated carbocycles. The predicted molar refractivity (Wildman–Crippen MR) is 327 cm³/mol. The van der Waals surface area contributed by atoms with E-state index in [1.807, 2.05) is 94.1 Å². The summed E-state index contributed by atoms with van der Waals surface area (Å²) in [5, 5.41) is 3.04. The van der Waals surface area contributed by atoms with Crippen LogP contribution in [0.4, 0.5) is 0 Å². The van der Waals surface area contributed by atoms with Gasteiger partial charge in [-0.1, -0.05) is 259 Å². The van der Waals surface area contributed by atoms with E-state index < -0.39 is 20.0 Å². The highest BCUT2D eigenvalue weighted by Gasteiger charge is 2.30. The summed E-state index contributed by atoms with van der Waals surface area (Å²) < 4.78 is 30.6. The van der Waals surface area contributed by atoms with E-state index in [-0.39, 0.29) is 31.5 Å². The number of nitrogens with one attached hydrogen (secondary N) is 1. The predicted octanol–water partition coefficient (Wildman–Crippen LogP) is 18.9. The van der Waals surface area contributed by atoms with Crippen LogP contribution < -0.4 is 5.32 Å². The Hall–Kier alpha value is -3.33. The maximum absolute atomic E-state index is 13.6. The molecule has 76 heavy (non-hydrogen) atoms. The highest BCUT2D eigenvalue weighted by Crippen LogP contribution is 2.43. The zero-order chi connectivity index (χ0) is 55.7. The first-order valence-corrected chi connectivity index (χ1v) is 32.3. The summed E-state index contributed by atoms with van der Waals surface area (Å²) in [6, 6.07) is -0.874. The van der Waals surface area contributed by atoms with Crippen LogP contribution in [0, 0.1) is 0 Å². The van der Waals surface area contributed by atoms with E-state index in [2.05, 4.69) is 62.5 Å². The van der Waals surface area contributed by atoms with Crippen molar-refractivity contribution in [2.24, 2.45) is 0 Å². The number of phosphoric acid groups is 1. The number of unbranched alkanes of at least 4 members (excludes halogenated alkanes) is 27. The van der Waals surface area contributed by atoms with Crippen LogP contribution in [-0.4, -0.2) is 74.3 Å². The van der Waals surface area contributed by atoms with Gasteiger partial charge in [0.1, 0.15) is 19.3 Å². The summed E-state index contributed by atoms with van der Waals surface area (Å²) in [5.74, 6) is -0.563. The number of carbonyl (C=O) groups excluding carboxylic acids is 2. The molecule has 0 fully saturated rings. The first kappa shape index (κ1) is 72.7. The molecule has 9 nitrogen and oxygen atoms in total. The van der Waals surface area contributed by atoms with E-state index in [9.17, 15) is 19.0 Å². The van der Waals surface area contributed by atoms with Crippen molar-refractivity contribution in [3.63, 3.8) is 0 Å². The Balaban J connectivity index is 5.33. The topological polar surface area (TPSA) is 111 Å². The van der Waals surface area contributed by atoms with Crippen molar-refractivity contribution in [3.8, 4) is 0 Å². The molecule has 0 aromatic heterocycles. The second-order valence-electron chi connectivity index (χ2n) is 21.6. The first-order chi connectivity index (χ1) is 36.9. The molecule has 0 rings (SSSR count). The van der Waals surface area contributed by atoms with Crippen LogP contribution in [0.15, 0.2) is 109 Å². The number of hydrogen-bond acceptors (Lipinski definition) is 6. The fraction of sp³-hybridized carbons (Fsp3) is 0.697. The molecular weight excluding hydrogens is 964 g/mol. The molecule has 436 valence electrons. The Morgan fingerprint density at radius 2 is 0.895 bits per heavy atom. The van der Waals surface area contributed by atoms with Crippen LogP contribution in [0.2, 0.25) is 0 Å². The fourth-order valence-electron chi connectivity index (χ4n) is 8.35. The normalized spacial score (nSPS) is 14.5. The van der Waals surface area contributed by atoms with E-state index in [1.54, 1.807) is 0 Å². The summed E-state index contributed by atoms with van der Waals surface area (Å²) in [7, 11) is 1.45. The molecular formula is C66H116N2O7P+. The van der Waals surface area contributed by atoms with Gasteiger partial charge in [0, 0.05) is 12.8 Å². The van der Waals surface area contributed by atoms with Crippen LogP contribution in [0.5, 0.6) is 0 Å². The van der Waals surface area contributed by atoms with E-state index in [0.717, 1.165) is 77.0 Å². The maximum Gasteiger partial charge on any atom is 0.472 e. The summed E-state index contributed by atoms with van der Waals surface area (Å²) in [4.78, 5) is 37.7. The van der Waals surface area contributed by atoms with E-state index in [0.29, 0.717) is 23.9 Å². The van der Waals surface area contributed by atoms with E-state index in [1.165, 1.54) is 128 Å². The molecule has 0 aliphatic carbocycles. The van der Waals surface area contributed by atoms with Gasteiger partial charge < -0.3 is 19.4 Å². The highest BCUT2D eigenvalue weighted by atomic mass is 31.2. The average Bonchev–Trinajstić information content (AvgIpc) is 3.38. The molecule has 0 aliphatic rings. The lowest BCUT2D eigenvalue weighted by molar-refractivity contribution is -0.870. The molecule has 2 N–H and O–H groups in total. The highest BCUT2D eigenvalue weighted by molar-refractivity contribution is 7.47. The lowest BCUT2D eigenvalue weighted by atomic mass is 10.0. The number of amides is 1. The number of esters is 1. The Labute approximate surface area is 468 Å². The number of phosphoric ester groups is 1. The Morgan fingerprint density at radius 3 is 1.41 bits per heavy atom. The molecule has 1 amide bonds. The fourth-order valence-corrected chi connectivity index (χ4v) is 9.09. The second kappa shape index (κ2) is 55.0. The zero-order valence-corrected chi connectivity index (χ0v) is 50.6. The third-order valence-electron chi connectivity index (χ3n) is 13.1. The van der Waals surface area contributed by atoms with E-state index in [4.69, 9.17) is 13.8 Å². The van der Waals surface area contributed by atoms with Gasteiger partial charge >= 0.3 is 13.8 Å². The minimum absolute atomic E-state index is 0.0268. The molecule has 0 radical (unpaired) electrons. The number of nitrogens with zero attached hydrogens (tertiary/aromatic N) is 1. The number of rotatable bonds is 54. The molecule has 0 bridgehead atoms. The maximum atomic E-state index is 13.6. The molecule has 10 heteroatoms. The molecule has 3 unspecified atom stereocenters. The summed E-state index contributed by atoms with van der Waals surface area (Å²) in [5.41, 5.74) is 0. The third-order valence-corrected chi connectivity index (χ3v) is 14.1. The molecule has 0 heterocycles. The molecule has 0 aliphatic heterocycles. The van der Waals surface area contributed by atoms with Crippen LogP contribution >= 0.6 is 7.82 Å². The molecule has 0 aromatic carbocycles. The van der Waals surface area contributed by atoms with Gasteiger partial charge in [0.2, 0.25) is 5.91 Å². The van der Waals surface area contributed by atoms with Gasteiger partial charge in [-0.2, -0.15) is 0 Å². The largest absolute Gasteiger partial charge is 0.472 e. The number of quaternary nitrogens is 1. The molecule has 0 spiro atoms. The van der Waals surface area contributed by atoms with Gasteiger partial charge in [-0.05, 0) is 83.1 Å². The van der Waals surface area contributed by atoms with E-state index >= 15 is 0 Å². The van der Waals surface area contributed by atoms with Gasteiger partial charge in [0.25, 0.3) is 0 Å². The SMILES string of the molecule is CC\C=C/C=C/C=C/C=C\C=C\C=C\CCCCCC(=O)OC(/C=C\CCCCCCCCCCCC)C(COP(=O)(O)OCC[N+](C)(C)C)NC(=O)CCCCCCCCCCCCC/C=C\C/C=C\CCCCC.